The van der Waals surface area contributed by atoms with Crippen LogP contribution < -0.4 is 21.7 Å². The van der Waals surface area contributed by atoms with Gasteiger partial charge in [-0.25, -0.2) is 0 Å². The molecule has 1 aliphatic heterocycles. The Morgan fingerprint density at radius 3 is 1.95 bits per heavy atom. The third kappa shape index (κ3) is 17.9. The number of nitrogens with zero attached hydrogens (tertiary/aromatic N) is 5. The van der Waals surface area contributed by atoms with Gasteiger partial charge < -0.3 is 31.6 Å². The molecule has 0 spiro atoms. The van der Waals surface area contributed by atoms with Crippen LogP contribution in [0.2, 0.25) is 0 Å². The SMILES string of the molecule is C=CNCC(=C)NC(CCCCNC(=C)CN1CCN(CC=O)CCN(CC(=O)O)CCN(CC(=C)N=O)CC1)C(=C)N. The molecule has 1 fully saturated rings. The molecule has 13 nitrogen and oxygen atoms in total. The van der Waals surface area contributed by atoms with Gasteiger partial charge in [0.2, 0.25) is 0 Å². The minimum Gasteiger partial charge on any atom is -0.480 e. The lowest BCUT2D eigenvalue weighted by atomic mass is 10.1. The van der Waals surface area contributed by atoms with Crippen molar-refractivity contribution in [2.24, 2.45) is 10.9 Å². The van der Waals surface area contributed by atoms with Crippen molar-refractivity contribution in [1.82, 2.24) is 35.6 Å². The van der Waals surface area contributed by atoms with Crippen LogP contribution in [0.4, 0.5) is 0 Å². The van der Waals surface area contributed by atoms with Gasteiger partial charge in [0.25, 0.3) is 0 Å². The fraction of sp³-hybridized carbons (Fsp3) is 0.600. The van der Waals surface area contributed by atoms with Gasteiger partial charge >= 0.3 is 5.97 Å². The van der Waals surface area contributed by atoms with Crippen molar-refractivity contribution in [2.75, 3.05) is 91.6 Å². The Bertz CT molecular complexity index is 943. The van der Waals surface area contributed by atoms with Crippen molar-refractivity contribution in [2.45, 2.75) is 25.3 Å². The lowest BCUT2D eigenvalue weighted by Gasteiger charge is -2.33. The largest absolute Gasteiger partial charge is 0.480 e. The zero-order valence-corrected chi connectivity index (χ0v) is 25.8. The number of carbonyl (C=O) groups is 2. The van der Waals surface area contributed by atoms with E-state index < -0.39 is 5.97 Å². The first-order chi connectivity index (χ1) is 20.6. The normalized spacial score (nSPS) is 16.9. The second-order valence-corrected chi connectivity index (χ2v) is 10.8. The summed E-state index contributed by atoms with van der Waals surface area (Å²) in [4.78, 5) is 42.0. The Morgan fingerprint density at radius 1 is 0.884 bits per heavy atom. The number of hydrogen-bond acceptors (Lipinski definition) is 12. The van der Waals surface area contributed by atoms with Crippen LogP contribution in [-0.2, 0) is 9.59 Å². The van der Waals surface area contributed by atoms with E-state index >= 15 is 0 Å². The monoisotopic (exact) mass is 603 g/mol. The highest BCUT2D eigenvalue weighted by molar-refractivity contribution is 5.69. The van der Waals surface area contributed by atoms with Crippen LogP contribution in [0.5, 0.6) is 0 Å². The number of carboxylic acids is 1. The van der Waals surface area contributed by atoms with E-state index in [0.29, 0.717) is 77.7 Å². The van der Waals surface area contributed by atoms with Crippen LogP contribution >= 0.6 is 0 Å². The summed E-state index contributed by atoms with van der Waals surface area (Å²) in [6, 6.07) is -0.0522. The number of carbonyl (C=O) groups excluding carboxylic acids is 1. The van der Waals surface area contributed by atoms with Crippen molar-refractivity contribution >= 4 is 12.3 Å². The number of carboxylic acid groups (broad SMARTS) is 1. The first kappa shape index (κ1) is 37.5. The van der Waals surface area contributed by atoms with Gasteiger partial charge in [0.05, 0.1) is 31.4 Å². The van der Waals surface area contributed by atoms with Gasteiger partial charge in [0, 0.05) is 89.1 Å². The molecule has 1 aliphatic rings. The number of aliphatic carboxylic acids is 1. The molecule has 1 rings (SSSR count). The Kier molecular flexibility index (Phi) is 19.3. The molecule has 13 heteroatoms. The van der Waals surface area contributed by atoms with E-state index in [1.54, 1.807) is 6.20 Å². The van der Waals surface area contributed by atoms with Gasteiger partial charge in [-0.1, -0.05) is 32.9 Å². The molecule has 0 bridgehead atoms. The summed E-state index contributed by atoms with van der Waals surface area (Å²) in [5.41, 5.74) is 8.52. The molecule has 0 aromatic rings. The summed E-state index contributed by atoms with van der Waals surface area (Å²) >= 11 is 0. The number of aldehydes is 1. The molecule has 0 saturated carbocycles. The highest BCUT2D eigenvalue weighted by Gasteiger charge is 2.19. The first-order valence-corrected chi connectivity index (χ1v) is 14.8. The average Bonchev–Trinajstić information content (AvgIpc) is 2.95. The summed E-state index contributed by atoms with van der Waals surface area (Å²) < 4.78 is 0. The number of nitrogens with one attached hydrogen (secondary N) is 3. The third-order valence-electron chi connectivity index (χ3n) is 7.15. The molecule has 0 aromatic carbocycles. The Hall–Kier alpha value is -3.52. The van der Waals surface area contributed by atoms with E-state index in [-0.39, 0.29) is 24.8 Å². The molecule has 1 unspecified atom stereocenters. The predicted molar refractivity (Wildman–Crippen MR) is 173 cm³/mol. The van der Waals surface area contributed by atoms with E-state index in [4.69, 9.17) is 5.73 Å². The van der Waals surface area contributed by atoms with Gasteiger partial charge in [-0.15, -0.1) is 4.91 Å². The number of nitrogens with two attached hydrogens (primary N) is 1. The minimum atomic E-state index is -0.902. The van der Waals surface area contributed by atoms with Crippen molar-refractivity contribution in [3.8, 4) is 0 Å². The fourth-order valence-electron chi connectivity index (χ4n) is 4.73. The summed E-state index contributed by atoms with van der Waals surface area (Å²) in [5, 5.41) is 22.1. The van der Waals surface area contributed by atoms with Crippen molar-refractivity contribution < 1.29 is 14.7 Å². The Balaban J connectivity index is 2.71. The average molecular weight is 604 g/mol. The van der Waals surface area contributed by atoms with E-state index in [2.05, 4.69) is 63.8 Å². The molecule has 0 aliphatic carbocycles. The molecular formula is C30H53N9O4. The molecule has 0 aromatic heterocycles. The minimum absolute atomic E-state index is 0.0522. The van der Waals surface area contributed by atoms with Gasteiger partial charge in [0.15, 0.2) is 0 Å². The van der Waals surface area contributed by atoms with Crippen LogP contribution in [-0.4, -0.2) is 135 Å². The molecule has 1 atom stereocenters. The van der Waals surface area contributed by atoms with Gasteiger partial charge in [-0.05, 0) is 30.6 Å². The second-order valence-electron chi connectivity index (χ2n) is 10.8. The van der Waals surface area contributed by atoms with E-state index in [9.17, 15) is 19.6 Å². The number of hydrogen-bond donors (Lipinski definition) is 5. The number of rotatable bonds is 21. The number of unbranched alkanes of at least 4 members (excludes halogenated alkanes) is 1. The van der Waals surface area contributed by atoms with E-state index in [1.807, 2.05) is 9.80 Å². The third-order valence-corrected chi connectivity index (χ3v) is 7.15. The summed E-state index contributed by atoms with van der Waals surface area (Å²) in [7, 11) is 0. The van der Waals surface area contributed by atoms with Crippen LogP contribution in [0.15, 0.2) is 67.1 Å². The summed E-state index contributed by atoms with van der Waals surface area (Å²) in [6.45, 7) is 26.8. The maximum atomic E-state index is 11.4. The highest BCUT2D eigenvalue weighted by atomic mass is 16.4. The number of nitroso groups, excluding NO2 is 1. The second kappa shape index (κ2) is 22.1. The van der Waals surface area contributed by atoms with Crippen LogP contribution in [0.25, 0.3) is 0 Å². The van der Waals surface area contributed by atoms with Gasteiger partial charge in [-0.3, -0.25) is 24.4 Å². The predicted octanol–water partition coefficient (Wildman–Crippen LogP) is 0.723. The first-order valence-electron chi connectivity index (χ1n) is 14.8. The quantitative estimate of drug-likeness (QED) is 0.0712. The lowest BCUT2D eigenvalue weighted by molar-refractivity contribution is -0.138. The molecule has 0 radical (unpaired) electrons. The molecule has 0 amide bonds. The molecule has 242 valence electrons. The molecular weight excluding hydrogens is 550 g/mol. The van der Waals surface area contributed by atoms with E-state index in [1.165, 1.54) is 0 Å². The maximum absolute atomic E-state index is 11.4. The molecule has 43 heavy (non-hydrogen) atoms. The zero-order valence-electron chi connectivity index (χ0n) is 25.8. The molecule has 6 N–H and O–H groups in total. The zero-order chi connectivity index (χ0) is 32.0. The Labute approximate surface area is 257 Å². The van der Waals surface area contributed by atoms with Crippen molar-refractivity contribution in [3.63, 3.8) is 0 Å². The van der Waals surface area contributed by atoms with Crippen molar-refractivity contribution in [1.29, 1.82) is 0 Å². The molecule has 1 heterocycles. The smallest absolute Gasteiger partial charge is 0.317 e. The fourth-order valence-corrected chi connectivity index (χ4v) is 4.73. The molecule has 1 saturated heterocycles. The van der Waals surface area contributed by atoms with Gasteiger partial charge in [0.1, 0.15) is 6.29 Å². The Morgan fingerprint density at radius 2 is 1.44 bits per heavy atom. The van der Waals surface area contributed by atoms with Crippen LogP contribution in [0.1, 0.15) is 19.3 Å². The highest BCUT2D eigenvalue weighted by Crippen LogP contribution is 2.08. The summed E-state index contributed by atoms with van der Waals surface area (Å²) in [6.07, 6.45) is 5.19. The van der Waals surface area contributed by atoms with E-state index in [0.717, 1.165) is 43.5 Å². The van der Waals surface area contributed by atoms with Crippen LogP contribution in [0.3, 0.4) is 0 Å². The van der Waals surface area contributed by atoms with Crippen LogP contribution in [0, 0.1) is 4.91 Å². The lowest BCUT2D eigenvalue weighted by Crippen LogP contribution is -2.48. The van der Waals surface area contributed by atoms with Crippen molar-refractivity contribution in [3.05, 3.63) is 66.8 Å². The standard InChI is InChI=1S/C30H53N9O4/c1-6-32-21-25(2)34-29(28(5)31)9-7-8-10-33-26(3)22-37-13-11-36(19-20-40)12-14-39(24-30(41)42)18-17-38(16-15-37)23-27(4)35-43/h6,20,29,32-34H,1-5,7-19,21-24,31H2,(H,41,42). The topological polar surface area (TPSA) is 159 Å². The van der Waals surface area contributed by atoms with Gasteiger partial charge in [-0.2, -0.15) is 0 Å². The summed E-state index contributed by atoms with van der Waals surface area (Å²) in [5.74, 6) is -0.902. The maximum Gasteiger partial charge on any atom is 0.317 e.